The minimum absolute atomic E-state index is 0.172. The van der Waals surface area contributed by atoms with Crippen LogP contribution in [0.25, 0.3) is 0 Å². The summed E-state index contributed by atoms with van der Waals surface area (Å²) < 4.78 is 1.76. The number of aromatic nitrogens is 3. The number of rotatable bonds is 9. The third-order valence-corrected chi connectivity index (χ3v) is 2.76. The van der Waals surface area contributed by atoms with Gasteiger partial charge in [0.15, 0.2) is 0 Å². The van der Waals surface area contributed by atoms with Crippen LogP contribution in [0, 0.1) is 0 Å². The summed E-state index contributed by atoms with van der Waals surface area (Å²) >= 11 is 0. The standard InChI is InChI=1S/C11H21N5O2/c1-4-16-8-11(13-14-16)7-12-18-6-5-10(2)15(3)9-17/h8-10,12H,4-7H2,1-3H3. The minimum Gasteiger partial charge on any atom is -0.346 e. The lowest BCUT2D eigenvalue weighted by molar-refractivity contribution is -0.119. The number of carbonyl (C=O) groups excluding carboxylic acids is 1. The van der Waals surface area contributed by atoms with E-state index >= 15 is 0 Å². The highest BCUT2D eigenvalue weighted by atomic mass is 16.6. The van der Waals surface area contributed by atoms with E-state index in [1.165, 1.54) is 0 Å². The Balaban J connectivity index is 2.10. The van der Waals surface area contributed by atoms with Crippen molar-refractivity contribution in [1.82, 2.24) is 25.4 Å². The molecule has 102 valence electrons. The van der Waals surface area contributed by atoms with E-state index < -0.39 is 0 Å². The van der Waals surface area contributed by atoms with E-state index in [2.05, 4.69) is 15.8 Å². The second kappa shape index (κ2) is 7.78. The van der Waals surface area contributed by atoms with Gasteiger partial charge in [-0.15, -0.1) is 5.10 Å². The molecule has 1 aromatic rings. The maximum atomic E-state index is 10.5. The molecule has 0 aliphatic rings. The van der Waals surface area contributed by atoms with Gasteiger partial charge in [0.2, 0.25) is 6.41 Å². The average molecular weight is 255 g/mol. The fourth-order valence-corrected chi connectivity index (χ4v) is 1.31. The normalized spacial score (nSPS) is 12.4. The molecule has 0 saturated heterocycles. The summed E-state index contributed by atoms with van der Waals surface area (Å²) in [5.74, 6) is 0. The number of amides is 1. The first-order chi connectivity index (χ1) is 8.67. The maximum Gasteiger partial charge on any atom is 0.209 e. The van der Waals surface area contributed by atoms with Crippen LogP contribution >= 0.6 is 0 Å². The Hall–Kier alpha value is -1.47. The molecule has 1 amide bonds. The summed E-state index contributed by atoms with van der Waals surface area (Å²) in [7, 11) is 1.76. The van der Waals surface area contributed by atoms with Crippen molar-refractivity contribution in [3.8, 4) is 0 Å². The SMILES string of the molecule is CCn1cc(CNOCCC(C)N(C)C=O)nn1. The molecule has 1 N–H and O–H groups in total. The molecular weight excluding hydrogens is 234 g/mol. The van der Waals surface area contributed by atoms with E-state index in [0.29, 0.717) is 13.2 Å². The fourth-order valence-electron chi connectivity index (χ4n) is 1.31. The first-order valence-electron chi connectivity index (χ1n) is 6.08. The zero-order chi connectivity index (χ0) is 13.4. The van der Waals surface area contributed by atoms with Crippen molar-refractivity contribution in [2.75, 3.05) is 13.7 Å². The van der Waals surface area contributed by atoms with Gasteiger partial charge < -0.3 is 9.74 Å². The Morgan fingerprint density at radius 2 is 2.44 bits per heavy atom. The predicted octanol–water partition coefficient (Wildman–Crippen LogP) is 0.186. The Labute approximate surface area is 107 Å². The third-order valence-electron chi connectivity index (χ3n) is 2.76. The molecule has 1 unspecified atom stereocenters. The number of hydrogen-bond acceptors (Lipinski definition) is 5. The molecule has 1 rings (SSSR count). The number of carbonyl (C=O) groups is 1. The van der Waals surface area contributed by atoms with Crippen molar-refractivity contribution < 1.29 is 9.63 Å². The van der Waals surface area contributed by atoms with Crippen molar-refractivity contribution >= 4 is 6.41 Å². The topological polar surface area (TPSA) is 72.3 Å². The number of hydroxylamine groups is 1. The molecule has 0 fully saturated rings. The molecular formula is C11H21N5O2. The Kier molecular flexibility index (Phi) is 6.31. The van der Waals surface area contributed by atoms with Gasteiger partial charge in [-0.25, -0.2) is 0 Å². The summed E-state index contributed by atoms with van der Waals surface area (Å²) in [5.41, 5.74) is 3.67. The van der Waals surface area contributed by atoms with Gasteiger partial charge >= 0.3 is 0 Å². The highest BCUT2D eigenvalue weighted by Gasteiger charge is 2.06. The number of aryl methyl sites for hydroxylation is 1. The predicted molar refractivity (Wildman–Crippen MR) is 66.4 cm³/mol. The zero-order valence-electron chi connectivity index (χ0n) is 11.2. The summed E-state index contributed by atoms with van der Waals surface area (Å²) in [6.45, 7) is 5.86. The van der Waals surface area contributed by atoms with Crippen molar-refractivity contribution in [1.29, 1.82) is 0 Å². The number of nitrogens with zero attached hydrogens (tertiary/aromatic N) is 4. The van der Waals surface area contributed by atoms with E-state index in [1.54, 1.807) is 16.6 Å². The molecule has 0 aliphatic heterocycles. The Morgan fingerprint density at radius 1 is 1.67 bits per heavy atom. The summed E-state index contributed by atoms with van der Waals surface area (Å²) in [5, 5.41) is 7.90. The highest BCUT2D eigenvalue weighted by Crippen LogP contribution is 1.98. The number of nitrogens with one attached hydrogen (secondary N) is 1. The first kappa shape index (κ1) is 14.6. The zero-order valence-corrected chi connectivity index (χ0v) is 11.2. The van der Waals surface area contributed by atoms with E-state index in [-0.39, 0.29) is 6.04 Å². The van der Waals surface area contributed by atoms with Gasteiger partial charge in [0.25, 0.3) is 0 Å². The molecule has 0 aromatic carbocycles. The third kappa shape index (κ3) is 4.80. The molecule has 0 radical (unpaired) electrons. The van der Waals surface area contributed by atoms with Gasteiger partial charge in [-0.05, 0) is 20.3 Å². The maximum absolute atomic E-state index is 10.5. The van der Waals surface area contributed by atoms with Crippen molar-refractivity contribution in [2.45, 2.75) is 39.4 Å². The van der Waals surface area contributed by atoms with Crippen LogP contribution in [-0.2, 0) is 22.7 Å². The van der Waals surface area contributed by atoms with E-state index in [4.69, 9.17) is 4.84 Å². The minimum atomic E-state index is 0.172. The lowest BCUT2D eigenvalue weighted by atomic mass is 10.2. The van der Waals surface area contributed by atoms with Crippen LogP contribution in [0.3, 0.4) is 0 Å². The van der Waals surface area contributed by atoms with Crippen LogP contribution < -0.4 is 5.48 Å². The van der Waals surface area contributed by atoms with Crippen LogP contribution in [-0.4, -0.2) is 46.0 Å². The summed E-state index contributed by atoms with van der Waals surface area (Å²) in [4.78, 5) is 17.4. The lowest BCUT2D eigenvalue weighted by Gasteiger charge is -2.19. The van der Waals surface area contributed by atoms with Crippen LogP contribution in [0.5, 0.6) is 0 Å². The molecule has 0 aliphatic carbocycles. The van der Waals surface area contributed by atoms with Gasteiger partial charge in [0.1, 0.15) is 0 Å². The second-order valence-electron chi connectivity index (χ2n) is 4.14. The molecule has 0 saturated carbocycles. The summed E-state index contributed by atoms with van der Waals surface area (Å²) in [6, 6.07) is 0.172. The average Bonchev–Trinajstić information content (AvgIpc) is 2.85. The van der Waals surface area contributed by atoms with Crippen LogP contribution in [0.2, 0.25) is 0 Å². The van der Waals surface area contributed by atoms with Crippen LogP contribution in [0.1, 0.15) is 26.0 Å². The van der Waals surface area contributed by atoms with E-state index in [0.717, 1.165) is 25.1 Å². The van der Waals surface area contributed by atoms with Crippen LogP contribution in [0.15, 0.2) is 6.20 Å². The van der Waals surface area contributed by atoms with E-state index in [9.17, 15) is 4.79 Å². The highest BCUT2D eigenvalue weighted by molar-refractivity contribution is 5.46. The molecule has 18 heavy (non-hydrogen) atoms. The first-order valence-corrected chi connectivity index (χ1v) is 6.08. The number of hydrogen-bond donors (Lipinski definition) is 1. The van der Waals surface area contributed by atoms with Gasteiger partial charge in [0, 0.05) is 25.8 Å². The quantitative estimate of drug-likeness (QED) is 0.387. The van der Waals surface area contributed by atoms with Gasteiger partial charge in [-0.2, -0.15) is 5.48 Å². The molecule has 1 aromatic heterocycles. The van der Waals surface area contributed by atoms with Gasteiger partial charge in [0.05, 0.1) is 18.8 Å². The summed E-state index contributed by atoms with van der Waals surface area (Å²) in [6.07, 6.45) is 3.48. The van der Waals surface area contributed by atoms with Gasteiger partial charge in [-0.3, -0.25) is 9.48 Å². The molecule has 1 atom stereocenters. The Bertz CT molecular complexity index is 355. The lowest BCUT2D eigenvalue weighted by Crippen LogP contribution is -2.29. The molecule has 7 nitrogen and oxygen atoms in total. The largest absolute Gasteiger partial charge is 0.346 e. The van der Waals surface area contributed by atoms with Crippen molar-refractivity contribution in [2.24, 2.45) is 0 Å². The smallest absolute Gasteiger partial charge is 0.209 e. The second-order valence-corrected chi connectivity index (χ2v) is 4.14. The van der Waals surface area contributed by atoms with Crippen molar-refractivity contribution in [3.05, 3.63) is 11.9 Å². The van der Waals surface area contributed by atoms with Gasteiger partial charge in [-0.1, -0.05) is 5.21 Å². The van der Waals surface area contributed by atoms with Crippen LogP contribution in [0.4, 0.5) is 0 Å². The fraction of sp³-hybridized carbons (Fsp3) is 0.727. The molecule has 0 spiro atoms. The van der Waals surface area contributed by atoms with Crippen molar-refractivity contribution in [3.63, 3.8) is 0 Å². The molecule has 1 heterocycles. The molecule has 0 bridgehead atoms. The monoisotopic (exact) mass is 255 g/mol. The molecule has 7 heteroatoms. The van der Waals surface area contributed by atoms with E-state index in [1.807, 2.05) is 20.0 Å². The Morgan fingerprint density at radius 3 is 3.06 bits per heavy atom.